The van der Waals surface area contributed by atoms with Crippen LogP contribution in [0.3, 0.4) is 0 Å². The number of halogens is 1. The Morgan fingerprint density at radius 2 is 2.00 bits per heavy atom. The van der Waals surface area contributed by atoms with E-state index in [9.17, 15) is 4.79 Å². The van der Waals surface area contributed by atoms with Gasteiger partial charge in [0, 0.05) is 35.9 Å². The van der Waals surface area contributed by atoms with Crippen molar-refractivity contribution in [1.29, 1.82) is 0 Å². The second kappa shape index (κ2) is 7.29. The van der Waals surface area contributed by atoms with Gasteiger partial charge in [-0.2, -0.15) is 0 Å². The summed E-state index contributed by atoms with van der Waals surface area (Å²) in [6.45, 7) is 2.65. The van der Waals surface area contributed by atoms with E-state index in [0.717, 1.165) is 23.3 Å². The van der Waals surface area contributed by atoms with E-state index in [1.54, 1.807) is 6.07 Å². The molecule has 0 aliphatic carbocycles. The average Bonchev–Trinajstić information content (AvgIpc) is 2.48. The van der Waals surface area contributed by atoms with Crippen LogP contribution in [-0.2, 0) is 0 Å². The molecule has 0 aromatic heterocycles. The highest BCUT2D eigenvalue weighted by atomic mass is 35.5. The highest BCUT2D eigenvalue weighted by Crippen LogP contribution is 2.32. The van der Waals surface area contributed by atoms with E-state index in [0.29, 0.717) is 17.1 Å². The molecular weight excluding hydrogens is 298 g/mol. The molecule has 2 rings (SSSR count). The maximum Gasteiger partial charge on any atom is 0.152 e. The minimum Gasteiger partial charge on any atom is -0.371 e. The molecule has 0 bridgehead atoms. The van der Waals surface area contributed by atoms with Gasteiger partial charge in [-0.25, -0.2) is 0 Å². The first-order chi connectivity index (χ1) is 10.5. The Kier molecular flexibility index (Phi) is 5.41. The lowest BCUT2D eigenvalue weighted by Gasteiger charge is -2.25. The van der Waals surface area contributed by atoms with Gasteiger partial charge in [0.05, 0.1) is 11.4 Å². The Morgan fingerprint density at radius 1 is 1.27 bits per heavy atom. The van der Waals surface area contributed by atoms with E-state index >= 15 is 0 Å². The number of likely N-dealkylation sites (N-methyl/N-ethyl adjacent to an activating group) is 1. The van der Waals surface area contributed by atoms with Crippen LogP contribution in [0.1, 0.15) is 17.3 Å². The molecule has 0 amide bonds. The number of para-hydroxylation sites is 1. The Labute approximate surface area is 135 Å². The summed E-state index contributed by atoms with van der Waals surface area (Å²) in [5.74, 6) is 0. The summed E-state index contributed by atoms with van der Waals surface area (Å²) in [4.78, 5) is 13.2. The highest BCUT2D eigenvalue weighted by Gasteiger charge is 2.11. The third-order valence-corrected chi connectivity index (χ3v) is 3.53. The standard InChI is InChI=1S/C17H20ClN3O/c1-12(19)10-21(2)17-9-14(18)7-8-16(17)20-15-6-4-3-5-13(15)11-22/h3-9,11-12,20H,10,19H2,1-2H3/t12-/m0/s1. The summed E-state index contributed by atoms with van der Waals surface area (Å²) in [6.07, 6.45) is 0.837. The van der Waals surface area contributed by atoms with Crippen molar-refractivity contribution in [2.24, 2.45) is 5.73 Å². The van der Waals surface area contributed by atoms with Gasteiger partial charge in [-0.1, -0.05) is 23.7 Å². The minimum atomic E-state index is 0.0408. The number of nitrogens with zero attached hydrogens (tertiary/aromatic N) is 1. The van der Waals surface area contributed by atoms with Crippen LogP contribution in [0.2, 0.25) is 5.02 Å². The third kappa shape index (κ3) is 4.00. The molecule has 116 valence electrons. The van der Waals surface area contributed by atoms with Crippen molar-refractivity contribution in [2.45, 2.75) is 13.0 Å². The lowest BCUT2D eigenvalue weighted by atomic mass is 10.1. The van der Waals surface area contributed by atoms with Crippen LogP contribution in [0.25, 0.3) is 0 Å². The van der Waals surface area contributed by atoms with Crippen LogP contribution < -0.4 is 16.0 Å². The van der Waals surface area contributed by atoms with Crippen LogP contribution in [0.5, 0.6) is 0 Å². The molecule has 0 unspecified atom stereocenters. The zero-order chi connectivity index (χ0) is 16.1. The van der Waals surface area contributed by atoms with Gasteiger partial charge < -0.3 is 16.0 Å². The second-order valence-corrected chi connectivity index (χ2v) is 5.79. The van der Waals surface area contributed by atoms with Crippen molar-refractivity contribution < 1.29 is 4.79 Å². The van der Waals surface area contributed by atoms with E-state index in [-0.39, 0.29) is 6.04 Å². The molecule has 2 aromatic rings. The first-order valence-electron chi connectivity index (χ1n) is 7.08. The molecule has 22 heavy (non-hydrogen) atoms. The molecule has 5 heteroatoms. The number of carbonyl (C=O) groups excluding carboxylic acids is 1. The Hall–Kier alpha value is -2.04. The molecule has 3 N–H and O–H groups in total. The molecule has 2 aromatic carbocycles. The maximum absolute atomic E-state index is 11.1. The number of nitrogens with two attached hydrogens (primary N) is 1. The fourth-order valence-electron chi connectivity index (χ4n) is 2.32. The topological polar surface area (TPSA) is 58.4 Å². The molecule has 0 fully saturated rings. The molecule has 0 spiro atoms. The predicted molar refractivity (Wildman–Crippen MR) is 93.5 cm³/mol. The molecule has 0 saturated carbocycles. The summed E-state index contributed by atoms with van der Waals surface area (Å²) in [5, 5.41) is 3.95. The molecule has 0 saturated heterocycles. The first-order valence-corrected chi connectivity index (χ1v) is 7.46. The van der Waals surface area contributed by atoms with E-state index in [1.165, 1.54) is 0 Å². The highest BCUT2D eigenvalue weighted by molar-refractivity contribution is 6.31. The van der Waals surface area contributed by atoms with Gasteiger partial charge in [0.2, 0.25) is 0 Å². The third-order valence-electron chi connectivity index (χ3n) is 3.29. The fraction of sp³-hybridized carbons (Fsp3) is 0.235. The Bertz CT molecular complexity index is 658. The van der Waals surface area contributed by atoms with E-state index in [4.69, 9.17) is 17.3 Å². The van der Waals surface area contributed by atoms with Gasteiger partial charge in [0.15, 0.2) is 6.29 Å². The monoisotopic (exact) mass is 317 g/mol. The number of aldehydes is 1. The largest absolute Gasteiger partial charge is 0.371 e. The smallest absolute Gasteiger partial charge is 0.152 e. The van der Waals surface area contributed by atoms with Gasteiger partial charge >= 0.3 is 0 Å². The lowest BCUT2D eigenvalue weighted by molar-refractivity contribution is 0.112. The van der Waals surface area contributed by atoms with Gasteiger partial charge in [-0.3, -0.25) is 4.79 Å². The molecule has 0 aliphatic heterocycles. The van der Waals surface area contributed by atoms with Crippen LogP contribution in [0.4, 0.5) is 17.1 Å². The molecular formula is C17H20ClN3O. The second-order valence-electron chi connectivity index (χ2n) is 5.35. The summed E-state index contributed by atoms with van der Waals surface area (Å²) >= 11 is 6.12. The maximum atomic E-state index is 11.1. The van der Waals surface area contributed by atoms with Crippen molar-refractivity contribution in [3.63, 3.8) is 0 Å². The summed E-state index contributed by atoms with van der Waals surface area (Å²) in [7, 11) is 1.96. The van der Waals surface area contributed by atoms with E-state index < -0.39 is 0 Å². The van der Waals surface area contributed by atoms with Gasteiger partial charge in [-0.15, -0.1) is 0 Å². The number of hydrogen-bond donors (Lipinski definition) is 2. The van der Waals surface area contributed by atoms with Gasteiger partial charge in [0.1, 0.15) is 0 Å². The first kappa shape index (κ1) is 16.3. The van der Waals surface area contributed by atoms with Crippen molar-refractivity contribution in [1.82, 2.24) is 0 Å². The minimum absolute atomic E-state index is 0.0408. The number of carbonyl (C=O) groups is 1. The number of hydrogen-bond acceptors (Lipinski definition) is 4. The Morgan fingerprint density at radius 3 is 2.68 bits per heavy atom. The molecule has 0 radical (unpaired) electrons. The average molecular weight is 318 g/mol. The Balaban J connectivity index is 2.36. The van der Waals surface area contributed by atoms with Crippen molar-refractivity contribution in [2.75, 3.05) is 23.8 Å². The molecule has 1 atom stereocenters. The number of nitrogens with one attached hydrogen (secondary N) is 1. The zero-order valence-corrected chi connectivity index (χ0v) is 13.5. The van der Waals surface area contributed by atoms with Gasteiger partial charge in [-0.05, 0) is 37.3 Å². The molecule has 0 aliphatic rings. The number of anilines is 3. The normalized spacial score (nSPS) is 11.8. The summed E-state index contributed by atoms with van der Waals surface area (Å²) in [6, 6.07) is 13.0. The van der Waals surface area contributed by atoms with Crippen LogP contribution in [-0.4, -0.2) is 25.9 Å². The summed E-state index contributed by atoms with van der Waals surface area (Å²) < 4.78 is 0. The number of rotatable bonds is 6. The zero-order valence-electron chi connectivity index (χ0n) is 12.7. The van der Waals surface area contributed by atoms with E-state index in [2.05, 4.69) is 5.32 Å². The summed E-state index contributed by atoms with van der Waals surface area (Å²) in [5.41, 5.74) is 9.06. The van der Waals surface area contributed by atoms with Crippen molar-refractivity contribution >= 4 is 34.9 Å². The van der Waals surface area contributed by atoms with Crippen molar-refractivity contribution in [3.8, 4) is 0 Å². The molecule has 4 nitrogen and oxygen atoms in total. The number of benzene rings is 2. The van der Waals surface area contributed by atoms with Crippen LogP contribution in [0.15, 0.2) is 42.5 Å². The van der Waals surface area contributed by atoms with Crippen molar-refractivity contribution in [3.05, 3.63) is 53.1 Å². The SMILES string of the molecule is C[C@H](N)CN(C)c1cc(Cl)ccc1Nc1ccccc1C=O. The molecule has 0 heterocycles. The van der Waals surface area contributed by atoms with Gasteiger partial charge in [0.25, 0.3) is 0 Å². The van der Waals surface area contributed by atoms with Crippen LogP contribution in [0, 0.1) is 0 Å². The quantitative estimate of drug-likeness (QED) is 0.798. The predicted octanol–water partition coefficient (Wildman–Crippen LogP) is 3.68. The van der Waals surface area contributed by atoms with E-state index in [1.807, 2.05) is 55.3 Å². The lowest BCUT2D eigenvalue weighted by Crippen LogP contribution is -2.33. The van der Waals surface area contributed by atoms with Crippen LogP contribution >= 0.6 is 11.6 Å². The fourth-order valence-corrected chi connectivity index (χ4v) is 2.48.